The van der Waals surface area contributed by atoms with E-state index in [0.29, 0.717) is 12.8 Å². The molecule has 1 aliphatic heterocycles. The van der Waals surface area contributed by atoms with Crippen molar-refractivity contribution >= 4 is 17.5 Å². The lowest BCUT2D eigenvalue weighted by atomic mass is 9.88. The summed E-state index contributed by atoms with van der Waals surface area (Å²) < 4.78 is 28.3. The Balaban J connectivity index is 2.56. The van der Waals surface area contributed by atoms with Crippen LogP contribution in [-0.2, 0) is 9.59 Å². The molecule has 0 saturated carbocycles. The van der Waals surface area contributed by atoms with E-state index in [1.165, 1.54) is 13.0 Å². The SMILES string of the molecule is CCC1(CC)NC(=O)CN(c2c(F)ccc(C)c2F)C1=O. The van der Waals surface area contributed by atoms with Crippen LogP contribution < -0.4 is 10.2 Å². The zero-order valence-corrected chi connectivity index (χ0v) is 12.3. The molecule has 0 unspecified atom stereocenters. The molecule has 2 amide bonds. The number of hydrogen-bond donors (Lipinski definition) is 1. The number of carbonyl (C=O) groups is 2. The van der Waals surface area contributed by atoms with Gasteiger partial charge in [0.2, 0.25) is 5.91 Å². The van der Waals surface area contributed by atoms with Crippen LogP contribution >= 0.6 is 0 Å². The number of aryl methyl sites for hydroxylation is 1. The molecule has 114 valence electrons. The second-order valence-electron chi connectivity index (χ2n) is 5.26. The van der Waals surface area contributed by atoms with E-state index in [1.807, 2.05) is 0 Å². The summed E-state index contributed by atoms with van der Waals surface area (Å²) in [5.74, 6) is -2.55. The molecule has 0 radical (unpaired) electrons. The molecule has 21 heavy (non-hydrogen) atoms. The van der Waals surface area contributed by atoms with Gasteiger partial charge in [-0.15, -0.1) is 0 Å². The third-order valence-electron chi connectivity index (χ3n) is 4.07. The van der Waals surface area contributed by atoms with Crippen LogP contribution in [0.25, 0.3) is 0 Å². The van der Waals surface area contributed by atoms with E-state index >= 15 is 0 Å². The molecule has 0 spiro atoms. The number of amides is 2. The maximum Gasteiger partial charge on any atom is 0.253 e. The maximum atomic E-state index is 14.2. The van der Waals surface area contributed by atoms with Crippen LogP contribution in [0.2, 0.25) is 0 Å². The fraction of sp³-hybridized carbons (Fsp3) is 0.467. The molecule has 2 rings (SSSR count). The zero-order chi connectivity index (χ0) is 15.8. The van der Waals surface area contributed by atoms with Gasteiger partial charge in [-0.3, -0.25) is 14.5 Å². The second-order valence-corrected chi connectivity index (χ2v) is 5.26. The molecular weight excluding hydrogens is 278 g/mol. The molecule has 1 N–H and O–H groups in total. The van der Waals surface area contributed by atoms with Crippen LogP contribution in [0, 0.1) is 18.6 Å². The Kier molecular flexibility index (Phi) is 3.98. The van der Waals surface area contributed by atoms with Crippen molar-refractivity contribution < 1.29 is 18.4 Å². The monoisotopic (exact) mass is 296 g/mol. The van der Waals surface area contributed by atoms with Gasteiger partial charge >= 0.3 is 0 Å². The van der Waals surface area contributed by atoms with Gasteiger partial charge in [0, 0.05) is 0 Å². The quantitative estimate of drug-likeness (QED) is 0.930. The first-order chi connectivity index (χ1) is 9.86. The van der Waals surface area contributed by atoms with Gasteiger partial charge in [0.1, 0.15) is 23.6 Å². The Hall–Kier alpha value is -1.98. The van der Waals surface area contributed by atoms with Crippen molar-refractivity contribution in [2.75, 3.05) is 11.4 Å². The standard InChI is InChI=1S/C15H18F2N2O2/c1-4-15(5-2)14(21)19(8-11(20)18-15)13-10(16)7-6-9(3)12(13)17/h6-7H,4-5,8H2,1-3H3,(H,18,20). The average Bonchev–Trinajstić information content (AvgIpc) is 2.46. The Labute approximate surface area is 122 Å². The fourth-order valence-corrected chi connectivity index (χ4v) is 2.63. The van der Waals surface area contributed by atoms with Gasteiger partial charge in [0.15, 0.2) is 5.82 Å². The van der Waals surface area contributed by atoms with Crippen molar-refractivity contribution in [1.29, 1.82) is 0 Å². The topological polar surface area (TPSA) is 49.4 Å². The van der Waals surface area contributed by atoms with Gasteiger partial charge < -0.3 is 5.32 Å². The Morgan fingerprint density at radius 2 is 1.86 bits per heavy atom. The van der Waals surface area contributed by atoms with Crippen LogP contribution in [0.3, 0.4) is 0 Å². The summed E-state index contributed by atoms with van der Waals surface area (Å²) in [4.78, 5) is 25.5. The number of nitrogens with one attached hydrogen (secondary N) is 1. The number of anilines is 1. The minimum absolute atomic E-state index is 0.226. The highest BCUT2D eigenvalue weighted by Gasteiger charge is 2.45. The number of carbonyl (C=O) groups excluding carboxylic acids is 2. The van der Waals surface area contributed by atoms with Crippen molar-refractivity contribution in [2.45, 2.75) is 39.2 Å². The molecule has 4 nitrogen and oxygen atoms in total. The van der Waals surface area contributed by atoms with Crippen molar-refractivity contribution in [1.82, 2.24) is 5.32 Å². The summed E-state index contributed by atoms with van der Waals surface area (Å²) in [5.41, 5.74) is -1.32. The minimum atomic E-state index is -1.10. The Morgan fingerprint density at radius 1 is 1.24 bits per heavy atom. The molecule has 0 aliphatic carbocycles. The fourth-order valence-electron chi connectivity index (χ4n) is 2.63. The molecule has 6 heteroatoms. The van der Waals surface area contributed by atoms with E-state index in [0.717, 1.165) is 11.0 Å². The summed E-state index contributed by atoms with van der Waals surface area (Å²) >= 11 is 0. The van der Waals surface area contributed by atoms with Crippen LogP contribution in [-0.4, -0.2) is 23.9 Å². The number of halogens is 2. The molecule has 1 aromatic carbocycles. The summed E-state index contributed by atoms with van der Waals surface area (Å²) in [6.07, 6.45) is 0.721. The number of nitrogens with zero attached hydrogens (tertiary/aromatic N) is 1. The Morgan fingerprint density at radius 3 is 2.43 bits per heavy atom. The molecule has 0 bridgehead atoms. The van der Waals surface area contributed by atoms with Crippen molar-refractivity contribution in [3.63, 3.8) is 0 Å². The predicted octanol–water partition coefficient (Wildman–Crippen LogP) is 2.29. The molecule has 1 saturated heterocycles. The summed E-state index contributed by atoms with van der Waals surface area (Å²) in [7, 11) is 0. The van der Waals surface area contributed by atoms with Crippen molar-refractivity contribution in [2.24, 2.45) is 0 Å². The normalized spacial score (nSPS) is 17.9. The van der Waals surface area contributed by atoms with E-state index in [9.17, 15) is 18.4 Å². The van der Waals surface area contributed by atoms with Gasteiger partial charge in [0.25, 0.3) is 5.91 Å². The van der Waals surface area contributed by atoms with Crippen LogP contribution in [0.4, 0.5) is 14.5 Å². The highest BCUT2D eigenvalue weighted by atomic mass is 19.1. The smallest absolute Gasteiger partial charge is 0.253 e. The lowest BCUT2D eigenvalue weighted by Gasteiger charge is -2.41. The average molecular weight is 296 g/mol. The number of piperazine rings is 1. The molecule has 1 fully saturated rings. The van der Waals surface area contributed by atoms with Gasteiger partial charge in [-0.2, -0.15) is 0 Å². The third kappa shape index (κ3) is 2.39. The van der Waals surface area contributed by atoms with Gasteiger partial charge in [-0.1, -0.05) is 19.9 Å². The zero-order valence-electron chi connectivity index (χ0n) is 12.3. The van der Waals surface area contributed by atoms with Crippen LogP contribution in [0.1, 0.15) is 32.3 Å². The van der Waals surface area contributed by atoms with Gasteiger partial charge in [-0.05, 0) is 31.4 Å². The molecule has 0 atom stereocenters. The largest absolute Gasteiger partial charge is 0.340 e. The van der Waals surface area contributed by atoms with E-state index < -0.39 is 34.7 Å². The summed E-state index contributed by atoms with van der Waals surface area (Å²) in [5, 5.41) is 2.66. The molecule has 1 aliphatic rings. The van der Waals surface area contributed by atoms with Crippen molar-refractivity contribution in [3.8, 4) is 0 Å². The first-order valence-corrected chi connectivity index (χ1v) is 6.94. The number of rotatable bonds is 3. The highest BCUT2D eigenvalue weighted by molar-refractivity contribution is 6.09. The first-order valence-electron chi connectivity index (χ1n) is 6.94. The third-order valence-corrected chi connectivity index (χ3v) is 4.07. The molecular formula is C15H18F2N2O2. The van der Waals surface area contributed by atoms with E-state index in [-0.39, 0.29) is 12.1 Å². The maximum absolute atomic E-state index is 14.2. The van der Waals surface area contributed by atoms with Gasteiger partial charge in [-0.25, -0.2) is 8.78 Å². The molecule has 1 aromatic rings. The lowest BCUT2D eigenvalue weighted by molar-refractivity contribution is -0.136. The molecule has 0 aromatic heterocycles. The lowest BCUT2D eigenvalue weighted by Crippen LogP contribution is -2.66. The minimum Gasteiger partial charge on any atom is -0.340 e. The summed E-state index contributed by atoms with van der Waals surface area (Å²) in [6, 6.07) is 2.41. The summed E-state index contributed by atoms with van der Waals surface area (Å²) in [6.45, 7) is 4.62. The van der Waals surface area contributed by atoms with E-state index in [2.05, 4.69) is 5.32 Å². The van der Waals surface area contributed by atoms with Crippen molar-refractivity contribution in [3.05, 3.63) is 29.3 Å². The van der Waals surface area contributed by atoms with E-state index in [4.69, 9.17) is 0 Å². The first kappa shape index (κ1) is 15.4. The van der Waals surface area contributed by atoms with Gasteiger partial charge in [0.05, 0.1) is 0 Å². The number of benzene rings is 1. The van der Waals surface area contributed by atoms with Crippen LogP contribution in [0.15, 0.2) is 12.1 Å². The predicted molar refractivity (Wildman–Crippen MR) is 74.9 cm³/mol. The molecule has 1 heterocycles. The second kappa shape index (κ2) is 5.42. The number of hydrogen-bond acceptors (Lipinski definition) is 2. The van der Waals surface area contributed by atoms with Crippen LogP contribution in [0.5, 0.6) is 0 Å². The Bertz CT molecular complexity index is 598. The van der Waals surface area contributed by atoms with E-state index in [1.54, 1.807) is 13.8 Å². The highest BCUT2D eigenvalue weighted by Crippen LogP contribution is 2.31.